The second-order valence-corrected chi connectivity index (χ2v) is 6.45. The Labute approximate surface area is 99.5 Å². The fraction of sp³-hybridized carbons (Fsp3) is 1.00. The third-order valence-corrected chi connectivity index (χ3v) is 4.74. The largest absolute Gasteiger partial charge is 0.697 e. The lowest BCUT2D eigenvalue weighted by Crippen LogP contribution is -2.38. The highest BCUT2D eigenvalue weighted by Gasteiger charge is 2.29. The summed E-state index contributed by atoms with van der Waals surface area (Å²) in [5, 5.41) is 0. The summed E-state index contributed by atoms with van der Waals surface area (Å²) in [7, 11) is 0.746. The summed E-state index contributed by atoms with van der Waals surface area (Å²) in [6.45, 7) is 6.25. The molecule has 0 heterocycles. The van der Waals surface area contributed by atoms with Crippen LogP contribution in [0.25, 0.3) is 0 Å². The Morgan fingerprint density at radius 3 is 1.38 bits per heavy atom. The standard InChI is InChI=1S/C4H10O3P.C4H12O3Si/c1-3-6-8(5)7-4-2;1-5-8(4,6-2)7-3/h3-4H2,1-2H3;1-4H3/q+1;. The van der Waals surface area contributed by atoms with E-state index >= 15 is 0 Å². The van der Waals surface area contributed by atoms with Gasteiger partial charge in [0.2, 0.25) is 0 Å². The molecule has 98 valence electrons. The normalized spacial score (nSPS) is 10.6. The summed E-state index contributed by atoms with van der Waals surface area (Å²) in [6.07, 6.45) is 0. The van der Waals surface area contributed by atoms with Gasteiger partial charge in [0.1, 0.15) is 13.2 Å². The van der Waals surface area contributed by atoms with Crippen LogP contribution in [0.15, 0.2) is 0 Å². The molecule has 16 heavy (non-hydrogen) atoms. The Morgan fingerprint density at radius 1 is 0.938 bits per heavy atom. The first-order chi connectivity index (χ1) is 7.49. The van der Waals surface area contributed by atoms with Crippen LogP contribution in [-0.2, 0) is 26.9 Å². The van der Waals surface area contributed by atoms with Crippen LogP contribution in [0.5, 0.6) is 0 Å². The van der Waals surface area contributed by atoms with E-state index in [0.29, 0.717) is 13.2 Å². The highest BCUT2D eigenvalue weighted by molar-refractivity contribution is 7.33. The summed E-state index contributed by atoms with van der Waals surface area (Å²) >= 11 is 0. The molecule has 0 radical (unpaired) electrons. The van der Waals surface area contributed by atoms with Crippen molar-refractivity contribution in [3.8, 4) is 0 Å². The van der Waals surface area contributed by atoms with Crippen molar-refractivity contribution in [1.82, 2.24) is 0 Å². The minimum atomic E-state index is -2.17. The van der Waals surface area contributed by atoms with Crippen LogP contribution < -0.4 is 0 Å². The van der Waals surface area contributed by atoms with Gasteiger partial charge >= 0.3 is 17.1 Å². The molecule has 0 unspecified atom stereocenters. The molecule has 0 aromatic rings. The Balaban J connectivity index is 0. The van der Waals surface area contributed by atoms with Crippen LogP contribution in [0.2, 0.25) is 6.55 Å². The number of hydrogen-bond acceptors (Lipinski definition) is 6. The zero-order valence-electron chi connectivity index (χ0n) is 10.8. The zero-order valence-corrected chi connectivity index (χ0v) is 12.7. The molecule has 6 nitrogen and oxygen atoms in total. The first-order valence-electron chi connectivity index (χ1n) is 4.88. The van der Waals surface area contributed by atoms with E-state index < -0.39 is 17.1 Å². The predicted octanol–water partition coefficient (Wildman–Crippen LogP) is 2.21. The third kappa shape index (κ3) is 10.6. The highest BCUT2D eigenvalue weighted by Crippen LogP contribution is 2.21. The molecule has 0 aromatic heterocycles. The molecule has 0 aliphatic rings. The Morgan fingerprint density at radius 2 is 1.25 bits per heavy atom. The van der Waals surface area contributed by atoms with Crippen molar-refractivity contribution in [1.29, 1.82) is 0 Å². The van der Waals surface area contributed by atoms with Crippen molar-refractivity contribution in [2.45, 2.75) is 20.4 Å². The first-order valence-corrected chi connectivity index (χ1v) is 8.20. The van der Waals surface area contributed by atoms with Crippen LogP contribution >= 0.6 is 8.25 Å². The van der Waals surface area contributed by atoms with Crippen molar-refractivity contribution in [3.05, 3.63) is 0 Å². The van der Waals surface area contributed by atoms with Crippen LogP contribution in [-0.4, -0.2) is 43.3 Å². The van der Waals surface area contributed by atoms with E-state index in [0.717, 1.165) is 0 Å². The van der Waals surface area contributed by atoms with Crippen molar-refractivity contribution in [2.24, 2.45) is 0 Å². The maximum atomic E-state index is 10.3. The predicted molar refractivity (Wildman–Crippen MR) is 63.5 cm³/mol. The maximum absolute atomic E-state index is 10.3. The molecular formula is C8H22O6PSi+. The van der Waals surface area contributed by atoms with E-state index in [1.807, 2.05) is 6.55 Å². The van der Waals surface area contributed by atoms with Gasteiger partial charge in [-0.1, -0.05) is 0 Å². The molecule has 0 saturated heterocycles. The molecule has 8 heteroatoms. The minimum absolute atomic E-state index is 0.440. The van der Waals surface area contributed by atoms with E-state index in [1.165, 1.54) is 0 Å². The molecule has 0 saturated carbocycles. The molecule has 0 fully saturated rings. The average Bonchev–Trinajstić information content (AvgIpc) is 2.30. The summed E-state index contributed by atoms with van der Waals surface area (Å²) in [5.74, 6) is 0. The van der Waals surface area contributed by atoms with E-state index in [9.17, 15) is 4.57 Å². The molecule has 0 rings (SSSR count). The van der Waals surface area contributed by atoms with Gasteiger partial charge in [-0.05, 0) is 13.8 Å². The molecule has 0 aliphatic heterocycles. The quantitative estimate of drug-likeness (QED) is 0.523. The average molecular weight is 273 g/mol. The second-order valence-electron chi connectivity index (χ2n) is 2.53. The van der Waals surface area contributed by atoms with Gasteiger partial charge in [0, 0.05) is 32.4 Å². The number of rotatable bonds is 7. The van der Waals surface area contributed by atoms with Gasteiger partial charge in [0.15, 0.2) is 0 Å². The van der Waals surface area contributed by atoms with Crippen molar-refractivity contribution in [2.75, 3.05) is 34.5 Å². The van der Waals surface area contributed by atoms with Gasteiger partial charge in [0.25, 0.3) is 0 Å². The van der Waals surface area contributed by atoms with Crippen LogP contribution in [0, 0.1) is 0 Å². The fourth-order valence-electron chi connectivity index (χ4n) is 0.498. The van der Waals surface area contributed by atoms with Gasteiger partial charge in [-0.2, -0.15) is 0 Å². The summed E-state index contributed by atoms with van der Waals surface area (Å²) in [6, 6.07) is 0. The molecule has 0 aromatic carbocycles. The zero-order chi connectivity index (χ0) is 13.0. The number of hydrogen-bond donors (Lipinski definition) is 0. The molecule has 0 amide bonds. The lowest BCUT2D eigenvalue weighted by Gasteiger charge is -2.18. The molecule has 0 spiro atoms. The molecule has 0 atom stereocenters. The van der Waals surface area contributed by atoms with E-state index in [-0.39, 0.29) is 0 Å². The van der Waals surface area contributed by atoms with Gasteiger partial charge < -0.3 is 13.3 Å². The molecular weight excluding hydrogens is 251 g/mol. The van der Waals surface area contributed by atoms with Crippen LogP contribution in [0.1, 0.15) is 13.8 Å². The summed E-state index contributed by atoms with van der Waals surface area (Å²) < 4.78 is 34.3. The van der Waals surface area contributed by atoms with E-state index in [1.54, 1.807) is 35.2 Å². The monoisotopic (exact) mass is 273 g/mol. The van der Waals surface area contributed by atoms with Gasteiger partial charge in [-0.25, -0.2) is 0 Å². The van der Waals surface area contributed by atoms with Crippen LogP contribution in [0.3, 0.4) is 0 Å². The summed E-state index contributed by atoms with van der Waals surface area (Å²) in [4.78, 5) is 0. The Bertz CT molecular complexity index is 160. The van der Waals surface area contributed by atoms with E-state index in [2.05, 4.69) is 9.05 Å². The lowest BCUT2D eigenvalue weighted by molar-refractivity contribution is 0.132. The van der Waals surface area contributed by atoms with Crippen molar-refractivity contribution in [3.63, 3.8) is 0 Å². The molecule has 0 bridgehead atoms. The smallest absolute Gasteiger partial charge is 0.377 e. The Hall–Kier alpha value is 0.117. The topological polar surface area (TPSA) is 63.2 Å². The first kappa shape index (κ1) is 18.5. The van der Waals surface area contributed by atoms with Crippen molar-refractivity contribution < 1.29 is 26.9 Å². The van der Waals surface area contributed by atoms with Gasteiger partial charge in [-0.3, -0.25) is 0 Å². The van der Waals surface area contributed by atoms with Crippen molar-refractivity contribution >= 4 is 17.1 Å². The molecule has 0 N–H and O–H groups in total. The minimum Gasteiger partial charge on any atom is -0.377 e. The van der Waals surface area contributed by atoms with Gasteiger partial charge in [0.05, 0.1) is 0 Å². The van der Waals surface area contributed by atoms with Crippen LogP contribution in [0.4, 0.5) is 0 Å². The third-order valence-electron chi connectivity index (χ3n) is 1.58. The SMILES string of the molecule is CCO[P+](=O)OCC.CO[Si](C)(OC)OC. The lowest BCUT2D eigenvalue weighted by atomic mass is 10.9. The molecule has 0 aliphatic carbocycles. The second kappa shape index (κ2) is 11.6. The maximum Gasteiger partial charge on any atom is 0.697 e. The Kier molecular flexibility index (Phi) is 13.4. The highest BCUT2D eigenvalue weighted by atomic mass is 31.1. The van der Waals surface area contributed by atoms with Gasteiger partial charge in [-0.15, -0.1) is 9.05 Å². The van der Waals surface area contributed by atoms with E-state index in [4.69, 9.17) is 13.3 Å². The fourth-order valence-corrected chi connectivity index (χ4v) is 1.49. The summed E-state index contributed by atoms with van der Waals surface area (Å²) in [5.41, 5.74) is 0.